The van der Waals surface area contributed by atoms with E-state index in [1.54, 1.807) is 0 Å². The third-order valence-corrected chi connectivity index (χ3v) is 5.71. The number of nitrogens with zero attached hydrogens (tertiary/aromatic N) is 5. The Labute approximate surface area is 177 Å². The number of nitrogens with one attached hydrogen (secondary N) is 1. The Bertz CT molecular complexity index is 1040. The van der Waals surface area contributed by atoms with Gasteiger partial charge in [0.15, 0.2) is 0 Å². The number of hydrogen-bond acceptors (Lipinski definition) is 4. The molecule has 2 aromatic heterocycles. The lowest BCUT2D eigenvalue weighted by atomic mass is 10.1. The molecule has 0 spiro atoms. The maximum absolute atomic E-state index is 12.9. The second-order valence-corrected chi connectivity index (χ2v) is 7.74. The summed E-state index contributed by atoms with van der Waals surface area (Å²) >= 11 is 0. The number of hydrogen-bond donors (Lipinski definition) is 1. The zero-order valence-electron chi connectivity index (χ0n) is 17.8. The number of aromatic amines is 1. The molecule has 1 aromatic carbocycles. The predicted octanol–water partition coefficient (Wildman–Crippen LogP) is 2.90. The Morgan fingerprint density at radius 2 is 1.87 bits per heavy atom. The number of amides is 1. The van der Waals surface area contributed by atoms with E-state index in [-0.39, 0.29) is 5.91 Å². The minimum atomic E-state index is 0.00687. The fourth-order valence-corrected chi connectivity index (χ4v) is 3.91. The van der Waals surface area contributed by atoms with Gasteiger partial charge >= 0.3 is 0 Å². The van der Waals surface area contributed by atoms with Gasteiger partial charge in [0.25, 0.3) is 5.91 Å². The zero-order valence-corrected chi connectivity index (χ0v) is 17.8. The Morgan fingerprint density at radius 1 is 1.13 bits per heavy atom. The third-order valence-electron chi connectivity index (χ3n) is 5.71. The van der Waals surface area contributed by atoms with Crippen molar-refractivity contribution in [1.82, 2.24) is 29.8 Å². The van der Waals surface area contributed by atoms with Gasteiger partial charge in [-0.25, -0.2) is 0 Å². The molecule has 7 heteroatoms. The summed E-state index contributed by atoms with van der Waals surface area (Å²) in [5, 5.41) is 11.7. The number of benzene rings is 1. The molecule has 0 atom stereocenters. The molecule has 1 N–H and O–H groups in total. The van der Waals surface area contributed by atoms with Gasteiger partial charge in [0, 0.05) is 51.0 Å². The molecule has 1 saturated heterocycles. The number of piperazine rings is 1. The Hall–Kier alpha value is -3.19. The summed E-state index contributed by atoms with van der Waals surface area (Å²) in [6, 6.07) is 12.1. The molecule has 0 unspecified atom stereocenters. The van der Waals surface area contributed by atoms with Crippen LogP contribution in [0.1, 0.15) is 27.4 Å². The molecule has 7 nitrogen and oxygen atoms in total. The molecule has 1 amide bonds. The predicted molar refractivity (Wildman–Crippen MR) is 118 cm³/mol. The number of carbonyl (C=O) groups is 1. The molecule has 0 aliphatic carbocycles. The van der Waals surface area contributed by atoms with Crippen LogP contribution in [0, 0.1) is 13.8 Å². The fraction of sp³-hybridized carbons (Fsp3) is 0.348. The quantitative estimate of drug-likeness (QED) is 0.710. The van der Waals surface area contributed by atoms with Crippen LogP contribution in [0.2, 0.25) is 0 Å². The van der Waals surface area contributed by atoms with Gasteiger partial charge in [-0.05, 0) is 25.5 Å². The van der Waals surface area contributed by atoms with Gasteiger partial charge in [-0.2, -0.15) is 10.2 Å². The van der Waals surface area contributed by atoms with E-state index in [4.69, 9.17) is 0 Å². The van der Waals surface area contributed by atoms with Crippen LogP contribution in [0.15, 0.2) is 42.5 Å². The first-order valence-corrected chi connectivity index (χ1v) is 10.3. The number of rotatable bonds is 5. The van der Waals surface area contributed by atoms with E-state index >= 15 is 0 Å². The molecule has 0 radical (unpaired) electrons. The summed E-state index contributed by atoms with van der Waals surface area (Å²) in [7, 11) is 1.92. The maximum Gasteiger partial charge on any atom is 0.271 e. The normalized spacial score (nSPS) is 15.2. The maximum atomic E-state index is 12.9. The topological polar surface area (TPSA) is 70.1 Å². The van der Waals surface area contributed by atoms with Crippen molar-refractivity contribution in [2.45, 2.75) is 13.8 Å². The molecule has 1 aliphatic heterocycles. The van der Waals surface area contributed by atoms with Gasteiger partial charge in [0.2, 0.25) is 0 Å². The Kier molecular flexibility index (Phi) is 5.81. The van der Waals surface area contributed by atoms with Crippen LogP contribution in [-0.2, 0) is 7.05 Å². The van der Waals surface area contributed by atoms with Crippen LogP contribution in [0.5, 0.6) is 0 Å². The summed E-state index contributed by atoms with van der Waals surface area (Å²) < 4.78 is 1.84. The number of carbonyl (C=O) groups excluding carboxylic acids is 1. The van der Waals surface area contributed by atoms with Gasteiger partial charge in [0.1, 0.15) is 5.69 Å². The molecular weight excluding hydrogens is 376 g/mol. The van der Waals surface area contributed by atoms with E-state index in [0.717, 1.165) is 55.4 Å². The standard InChI is InChI=1S/C23H28N6O/c1-17-22(18(2)27(3)26-17)20-16-21(25-24-20)23(30)29-14-12-28(13-15-29)11-7-10-19-8-5-4-6-9-19/h4-10,16H,11-15H2,1-3H3,(H,24,25)/b10-7+. The number of aryl methyl sites for hydroxylation is 2. The molecule has 30 heavy (non-hydrogen) atoms. The summed E-state index contributed by atoms with van der Waals surface area (Å²) in [6.07, 6.45) is 4.33. The minimum absolute atomic E-state index is 0.00687. The second kappa shape index (κ2) is 8.67. The van der Waals surface area contributed by atoms with Gasteiger partial charge in [-0.15, -0.1) is 0 Å². The molecule has 0 saturated carbocycles. The first-order chi connectivity index (χ1) is 14.5. The monoisotopic (exact) mass is 404 g/mol. The van der Waals surface area contributed by atoms with E-state index < -0.39 is 0 Å². The average molecular weight is 405 g/mol. The van der Waals surface area contributed by atoms with E-state index in [0.29, 0.717) is 5.69 Å². The first-order valence-electron chi connectivity index (χ1n) is 10.3. The lowest BCUT2D eigenvalue weighted by Crippen LogP contribution is -2.48. The minimum Gasteiger partial charge on any atom is -0.335 e. The van der Waals surface area contributed by atoms with Crippen LogP contribution >= 0.6 is 0 Å². The SMILES string of the molecule is Cc1nn(C)c(C)c1-c1cc(C(=O)N2CCN(C/C=C/c3ccccc3)CC2)[nH]n1. The van der Waals surface area contributed by atoms with Crippen molar-refractivity contribution < 1.29 is 4.79 Å². The van der Waals surface area contributed by atoms with Gasteiger partial charge in [-0.3, -0.25) is 19.5 Å². The van der Waals surface area contributed by atoms with Crippen LogP contribution < -0.4 is 0 Å². The highest BCUT2D eigenvalue weighted by Crippen LogP contribution is 2.25. The summed E-state index contributed by atoms with van der Waals surface area (Å²) in [4.78, 5) is 17.2. The molecular formula is C23H28N6O. The lowest BCUT2D eigenvalue weighted by Gasteiger charge is -2.33. The molecule has 3 heterocycles. The molecule has 0 bridgehead atoms. The van der Waals surface area contributed by atoms with Crippen molar-refractivity contribution in [2.75, 3.05) is 32.7 Å². The summed E-state index contributed by atoms with van der Waals surface area (Å²) in [6.45, 7) is 8.04. The number of H-pyrrole nitrogens is 1. The molecule has 3 aromatic rings. The first kappa shape index (κ1) is 20.1. The lowest BCUT2D eigenvalue weighted by molar-refractivity contribution is 0.0644. The molecule has 156 valence electrons. The summed E-state index contributed by atoms with van der Waals surface area (Å²) in [5.41, 5.74) is 5.45. The van der Waals surface area contributed by atoms with Crippen LogP contribution in [0.25, 0.3) is 17.3 Å². The van der Waals surface area contributed by atoms with Crippen molar-refractivity contribution in [3.63, 3.8) is 0 Å². The van der Waals surface area contributed by atoms with Crippen molar-refractivity contribution in [3.8, 4) is 11.3 Å². The Balaban J connectivity index is 1.33. The van der Waals surface area contributed by atoms with E-state index in [1.165, 1.54) is 5.56 Å². The van der Waals surface area contributed by atoms with Crippen LogP contribution in [-0.4, -0.2) is 68.4 Å². The summed E-state index contributed by atoms with van der Waals surface area (Å²) in [5.74, 6) is 0.00687. The average Bonchev–Trinajstić information content (AvgIpc) is 3.33. The highest BCUT2D eigenvalue weighted by Gasteiger charge is 2.24. The smallest absolute Gasteiger partial charge is 0.271 e. The molecule has 4 rings (SSSR count). The van der Waals surface area contributed by atoms with Crippen LogP contribution in [0.3, 0.4) is 0 Å². The Morgan fingerprint density at radius 3 is 2.53 bits per heavy atom. The van der Waals surface area contributed by atoms with Gasteiger partial charge in [0.05, 0.1) is 11.4 Å². The fourth-order valence-electron chi connectivity index (χ4n) is 3.91. The third kappa shape index (κ3) is 4.21. The number of aromatic nitrogens is 4. The largest absolute Gasteiger partial charge is 0.335 e. The van der Waals surface area contributed by atoms with Crippen molar-refractivity contribution in [1.29, 1.82) is 0 Å². The van der Waals surface area contributed by atoms with Crippen molar-refractivity contribution >= 4 is 12.0 Å². The highest BCUT2D eigenvalue weighted by atomic mass is 16.2. The van der Waals surface area contributed by atoms with Crippen LogP contribution in [0.4, 0.5) is 0 Å². The van der Waals surface area contributed by atoms with E-state index in [1.807, 2.05) is 54.7 Å². The zero-order chi connectivity index (χ0) is 21.1. The van der Waals surface area contributed by atoms with Gasteiger partial charge in [-0.1, -0.05) is 42.5 Å². The molecule has 1 fully saturated rings. The van der Waals surface area contributed by atoms with Crippen molar-refractivity contribution in [2.24, 2.45) is 7.05 Å². The van der Waals surface area contributed by atoms with Gasteiger partial charge < -0.3 is 4.90 Å². The van der Waals surface area contributed by atoms with Crippen molar-refractivity contribution in [3.05, 3.63) is 65.1 Å². The molecule has 1 aliphatic rings. The van der Waals surface area contributed by atoms with E-state index in [9.17, 15) is 4.79 Å². The van der Waals surface area contributed by atoms with E-state index in [2.05, 4.69) is 44.5 Å². The second-order valence-electron chi connectivity index (χ2n) is 7.74. The highest BCUT2D eigenvalue weighted by molar-refractivity contribution is 5.93.